The largest absolute Gasteiger partial charge is 0.332 e. The van der Waals surface area contributed by atoms with Crippen LogP contribution in [0.15, 0.2) is 51.1 Å². The molecule has 3 aromatic rings. The van der Waals surface area contributed by atoms with Gasteiger partial charge < -0.3 is 0 Å². The molecular weight excluding hydrogens is 368 g/mol. The molecule has 0 bridgehead atoms. The first-order valence-corrected chi connectivity index (χ1v) is 9.59. The van der Waals surface area contributed by atoms with Gasteiger partial charge in [0.25, 0.3) is 5.56 Å². The highest BCUT2D eigenvalue weighted by molar-refractivity contribution is 5.87. The van der Waals surface area contributed by atoms with Gasteiger partial charge in [-0.25, -0.2) is 9.80 Å². The van der Waals surface area contributed by atoms with Crippen molar-refractivity contribution >= 4 is 22.8 Å². The van der Waals surface area contributed by atoms with E-state index >= 15 is 0 Å². The van der Waals surface area contributed by atoms with E-state index in [2.05, 4.69) is 29.1 Å². The summed E-state index contributed by atoms with van der Waals surface area (Å²) in [5, 5.41) is 6.48. The Morgan fingerprint density at radius 1 is 1.17 bits per heavy atom. The molecule has 0 unspecified atom stereocenters. The van der Waals surface area contributed by atoms with E-state index < -0.39 is 0 Å². The third kappa shape index (κ3) is 3.10. The van der Waals surface area contributed by atoms with Gasteiger partial charge in [0.1, 0.15) is 0 Å². The van der Waals surface area contributed by atoms with Crippen molar-refractivity contribution in [2.45, 2.75) is 40.4 Å². The van der Waals surface area contributed by atoms with Crippen LogP contribution in [0.2, 0.25) is 0 Å². The van der Waals surface area contributed by atoms with Crippen molar-refractivity contribution in [3.05, 3.63) is 68.4 Å². The molecule has 0 saturated heterocycles. The summed E-state index contributed by atoms with van der Waals surface area (Å²) in [6.07, 6.45) is 3.61. The average molecular weight is 392 g/mol. The maximum atomic E-state index is 13.2. The summed E-state index contributed by atoms with van der Waals surface area (Å²) in [7, 11) is 1.65. The van der Waals surface area contributed by atoms with Gasteiger partial charge in [0.2, 0.25) is 5.95 Å². The van der Waals surface area contributed by atoms with Crippen molar-refractivity contribution in [1.29, 1.82) is 0 Å². The highest BCUT2D eigenvalue weighted by Crippen LogP contribution is 2.25. The highest BCUT2D eigenvalue weighted by atomic mass is 16.2. The summed E-state index contributed by atoms with van der Waals surface area (Å²) in [6.45, 7) is 7.08. The lowest BCUT2D eigenvalue weighted by atomic mass is 10.1. The molecule has 0 saturated carbocycles. The van der Waals surface area contributed by atoms with Gasteiger partial charge in [0.05, 0.1) is 18.8 Å². The zero-order chi connectivity index (χ0) is 20.7. The van der Waals surface area contributed by atoms with Crippen LogP contribution in [0, 0.1) is 6.92 Å². The van der Waals surface area contributed by atoms with Crippen molar-refractivity contribution in [2.24, 2.45) is 12.1 Å². The third-order valence-corrected chi connectivity index (χ3v) is 5.23. The van der Waals surface area contributed by atoms with Gasteiger partial charge in [0, 0.05) is 13.6 Å². The van der Waals surface area contributed by atoms with Crippen molar-refractivity contribution in [1.82, 2.24) is 18.7 Å². The minimum Gasteiger partial charge on any atom is -0.297 e. The van der Waals surface area contributed by atoms with Crippen LogP contribution in [-0.4, -0.2) is 24.4 Å². The molecule has 0 atom stereocenters. The Labute approximate surface area is 168 Å². The van der Waals surface area contributed by atoms with Crippen LogP contribution in [0.4, 0.5) is 5.95 Å². The Kier molecular flexibility index (Phi) is 4.70. The van der Waals surface area contributed by atoms with Gasteiger partial charge >= 0.3 is 5.69 Å². The second kappa shape index (κ2) is 7.20. The minimum absolute atomic E-state index is 0.235. The maximum absolute atomic E-state index is 13.2. The lowest BCUT2D eigenvalue weighted by Gasteiger charge is -2.25. The van der Waals surface area contributed by atoms with Gasteiger partial charge in [-0.1, -0.05) is 36.4 Å². The first-order chi connectivity index (χ1) is 13.9. The summed E-state index contributed by atoms with van der Waals surface area (Å²) < 4.78 is 4.54. The van der Waals surface area contributed by atoms with Crippen molar-refractivity contribution in [3.8, 4) is 0 Å². The third-order valence-electron chi connectivity index (χ3n) is 5.23. The first-order valence-electron chi connectivity index (χ1n) is 9.59. The number of hydrogen-bond donors (Lipinski definition) is 0. The summed E-state index contributed by atoms with van der Waals surface area (Å²) in [4.78, 5) is 30.5. The highest BCUT2D eigenvalue weighted by Gasteiger charge is 2.26. The number of hydrazone groups is 1. The van der Waals surface area contributed by atoms with E-state index in [0.717, 1.165) is 16.8 Å². The number of hydrogen-bond acceptors (Lipinski definition) is 5. The Balaban J connectivity index is 1.92. The lowest BCUT2D eigenvalue weighted by molar-refractivity contribution is 0.662. The number of allylic oxidation sites excluding steroid dienone is 2. The van der Waals surface area contributed by atoms with Crippen LogP contribution in [0.5, 0.6) is 0 Å². The fraction of sp³-hybridized carbons (Fsp3) is 0.333. The first kappa shape index (κ1) is 18.9. The molecule has 1 aliphatic rings. The van der Waals surface area contributed by atoms with Gasteiger partial charge in [-0.15, -0.1) is 0 Å². The van der Waals surface area contributed by atoms with Crippen molar-refractivity contribution < 1.29 is 0 Å². The van der Waals surface area contributed by atoms with E-state index in [-0.39, 0.29) is 17.8 Å². The van der Waals surface area contributed by atoms with Crippen LogP contribution in [0.25, 0.3) is 11.2 Å². The summed E-state index contributed by atoms with van der Waals surface area (Å²) >= 11 is 0. The number of imidazole rings is 1. The number of aryl methyl sites for hydroxylation is 2. The molecule has 29 heavy (non-hydrogen) atoms. The number of fused-ring (bicyclic) bond motifs is 3. The molecule has 0 spiro atoms. The molecule has 4 rings (SSSR count). The van der Waals surface area contributed by atoms with Gasteiger partial charge in [-0.05, 0) is 31.9 Å². The predicted octanol–water partition coefficient (Wildman–Crippen LogP) is 2.18. The monoisotopic (exact) mass is 392 g/mol. The van der Waals surface area contributed by atoms with Crippen molar-refractivity contribution in [3.63, 3.8) is 0 Å². The van der Waals surface area contributed by atoms with Gasteiger partial charge in [0.15, 0.2) is 11.2 Å². The molecular formula is C21H24N6O2. The zero-order valence-electron chi connectivity index (χ0n) is 17.1. The fourth-order valence-electron chi connectivity index (χ4n) is 3.64. The van der Waals surface area contributed by atoms with E-state index in [9.17, 15) is 9.59 Å². The normalized spacial score (nSPS) is 13.9. The minimum atomic E-state index is -0.376. The van der Waals surface area contributed by atoms with Crippen molar-refractivity contribution in [2.75, 3.05) is 5.01 Å². The van der Waals surface area contributed by atoms with Gasteiger partial charge in [-0.3, -0.25) is 18.5 Å². The van der Waals surface area contributed by atoms with E-state index in [0.29, 0.717) is 30.2 Å². The molecule has 2 aromatic heterocycles. The molecule has 0 radical (unpaired) electrons. The second-order valence-corrected chi connectivity index (χ2v) is 7.32. The SMILES string of the molecule is C/C=C/Cn1c(=O)c2c(nc3n2CC(C)=NN3Cc2ccccc2C)n(C)c1=O. The predicted molar refractivity (Wildman–Crippen MR) is 115 cm³/mol. The van der Waals surface area contributed by atoms with Crippen LogP contribution in [-0.2, 0) is 26.7 Å². The molecule has 8 heteroatoms. The van der Waals surface area contributed by atoms with E-state index in [4.69, 9.17) is 0 Å². The molecule has 0 N–H and O–H groups in total. The number of rotatable bonds is 4. The number of nitrogens with zero attached hydrogens (tertiary/aromatic N) is 6. The number of anilines is 1. The Morgan fingerprint density at radius 2 is 1.93 bits per heavy atom. The quantitative estimate of drug-likeness (QED) is 0.638. The number of benzene rings is 1. The lowest BCUT2D eigenvalue weighted by Crippen LogP contribution is -2.39. The summed E-state index contributed by atoms with van der Waals surface area (Å²) in [6, 6.07) is 8.11. The Bertz CT molecular complexity index is 1270. The average Bonchev–Trinajstić information content (AvgIpc) is 3.08. The van der Waals surface area contributed by atoms with E-state index in [1.165, 1.54) is 9.13 Å². The molecule has 1 aliphatic heterocycles. The second-order valence-electron chi connectivity index (χ2n) is 7.32. The molecule has 0 aliphatic carbocycles. The van der Waals surface area contributed by atoms with E-state index in [1.807, 2.05) is 36.6 Å². The standard InChI is InChI=1S/C21H24N6O2/c1-5-6-11-25-19(28)17-18(24(4)21(25)29)22-20-26(17)12-15(3)23-27(20)13-16-10-8-7-9-14(16)2/h5-10H,11-13H2,1-4H3/b6-5+. The fourth-order valence-corrected chi connectivity index (χ4v) is 3.64. The molecule has 8 nitrogen and oxygen atoms in total. The van der Waals surface area contributed by atoms with Crippen LogP contribution >= 0.6 is 0 Å². The van der Waals surface area contributed by atoms with Gasteiger partial charge in [-0.2, -0.15) is 10.1 Å². The topological polar surface area (TPSA) is 77.4 Å². The maximum Gasteiger partial charge on any atom is 0.332 e. The van der Waals surface area contributed by atoms with Crippen LogP contribution < -0.4 is 16.3 Å². The van der Waals surface area contributed by atoms with E-state index in [1.54, 1.807) is 18.1 Å². The molecule has 0 fully saturated rings. The Morgan fingerprint density at radius 3 is 2.66 bits per heavy atom. The summed E-state index contributed by atoms with van der Waals surface area (Å²) in [5.41, 5.74) is 3.27. The smallest absolute Gasteiger partial charge is 0.297 e. The van der Waals surface area contributed by atoms with Crippen LogP contribution in [0.1, 0.15) is 25.0 Å². The summed E-state index contributed by atoms with van der Waals surface area (Å²) in [5.74, 6) is 0.574. The van der Waals surface area contributed by atoms with Crippen LogP contribution in [0.3, 0.4) is 0 Å². The molecule has 3 heterocycles. The molecule has 150 valence electrons. The number of aromatic nitrogens is 4. The Hall–Kier alpha value is -3.42. The zero-order valence-corrected chi connectivity index (χ0v) is 17.1. The molecule has 1 aromatic carbocycles. The molecule has 0 amide bonds.